The lowest BCUT2D eigenvalue weighted by Crippen LogP contribution is -2.22. The van der Waals surface area contributed by atoms with E-state index in [0.29, 0.717) is 12.5 Å². The fraction of sp³-hybridized carbons (Fsp3) is 0.529. The van der Waals surface area contributed by atoms with Gasteiger partial charge in [0.05, 0.1) is 31.7 Å². The molecule has 1 aromatic carbocycles. The van der Waals surface area contributed by atoms with Gasteiger partial charge >= 0.3 is 0 Å². The van der Waals surface area contributed by atoms with E-state index in [-0.39, 0.29) is 11.3 Å². The average Bonchev–Trinajstić information content (AvgIpc) is 3.33. The molecule has 1 aliphatic carbocycles. The number of methoxy groups -OCH3 is 1. The van der Waals surface area contributed by atoms with Crippen LogP contribution in [-0.4, -0.2) is 43.6 Å². The summed E-state index contributed by atoms with van der Waals surface area (Å²) in [6.07, 6.45) is 2.04. The van der Waals surface area contributed by atoms with Crippen LogP contribution < -0.4 is 10.1 Å². The molecule has 1 atom stereocenters. The van der Waals surface area contributed by atoms with E-state index < -0.39 is 0 Å². The molecule has 2 aromatic rings. The molecular weight excluding hydrogens is 294 g/mol. The molecule has 122 valence electrons. The van der Waals surface area contributed by atoms with Crippen molar-refractivity contribution in [1.82, 2.24) is 15.5 Å². The molecule has 2 heterocycles. The molecular formula is C17H21N3O3. The van der Waals surface area contributed by atoms with Crippen LogP contribution >= 0.6 is 0 Å². The molecule has 0 amide bonds. The van der Waals surface area contributed by atoms with Crippen LogP contribution in [0.4, 0.5) is 0 Å². The Morgan fingerprint density at radius 2 is 2.17 bits per heavy atom. The maximum atomic E-state index is 5.58. The summed E-state index contributed by atoms with van der Waals surface area (Å²) in [6, 6.07) is 8.09. The molecule has 0 spiro atoms. The van der Waals surface area contributed by atoms with E-state index in [9.17, 15) is 0 Å². The first-order chi connectivity index (χ1) is 11.3. The molecule has 2 aliphatic rings. The molecule has 1 aromatic heterocycles. The van der Waals surface area contributed by atoms with Gasteiger partial charge in [-0.2, -0.15) is 4.98 Å². The van der Waals surface area contributed by atoms with Gasteiger partial charge in [0.15, 0.2) is 5.82 Å². The lowest BCUT2D eigenvalue weighted by atomic mass is 9.94. The van der Waals surface area contributed by atoms with Gasteiger partial charge in [0.1, 0.15) is 5.75 Å². The van der Waals surface area contributed by atoms with Crippen LogP contribution in [-0.2, 0) is 10.2 Å². The minimum absolute atomic E-state index is 0.118. The number of benzene rings is 1. The Bertz CT molecular complexity index is 673. The normalized spacial score (nSPS) is 23.3. The van der Waals surface area contributed by atoms with Gasteiger partial charge in [0.2, 0.25) is 5.89 Å². The van der Waals surface area contributed by atoms with Crippen molar-refractivity contribution in [1.29, 1.82) is 0 Å². The third kappa shape index (κ3) is 2.62. The topological polar surface area (TPSA) is 69.4 Å². The van der Waals surface area contributed by atoms with E-state index in [1.807, 2.05) is 18.2 Å². The highest BCUT2D eigenvalue weighted by Gasteiger charge is 2.51. The van der Waals surface area contributed by atoms with Crippen LogP contribution in [0, 0.1) is 0 Å². The molecule has 0 radical (unpaired) electrons. The van der Waals surface area contributed by atoms with Gasteiger partial charge in [-0.05, 0) is 18.9 Å². The number of hydrogen-bond donors (Lipinski definition) is 1. The second-order valence-electron chi connectivity index (χ2n) is 6.21. The third-order valence-electron chi connectivity index (χ3n) is 4.72. The SMILES string of the molecule is COc1ccccc1C1(c2noc(C3CNCCOC3)n2)CC1. The second kappa shape index (κ2) is 5.94. The van der Waals surface area contributed by atoms with E-state index >= 15 is 0 Å². The summed E-state index contributed by atoms with van der Waals surface area (Å²) in [5.74, 6) is 2.43. The van der Waals surface area contributed by atoms with Crippen molar-refractivity contribution < 1.29 is 14.0 Å². The van der Waals surface area contributed by atoms with Crippen molar-refractivity contribution in [2.75, 3.05) is 33.4 Å². The number of nitrogens with zero attached hydrogens (tertiary/aromatic N) is 2. The highest BCUT2D eigenvalue weighted by atomic mass is 16.5. The molecule has 1 aliphatic heterocycles. The molecule has 4 rings (SSSR count). The Kier molecular flexibility index (Phi) is 3.79. The summed E-state index contributed by atoms with van der Waals surface area (Å²) in [7, 11) is 1.70. The minimum Gasteiger partial charge on any atom is -0.496 e. The molecule has 6 heteroatoms. The molecule has 0 bridgehead atoms. The van der Waals surface area contributed by atoms with E-state index in [0.717, 1.165) is 49.7 Å². The largest absolute Gasteiger partial charge is 0.496 e. The van der Waals surface area contributed by atoms with Crippen LogP contribution in [0.2, 0.25) is 0 Å². The van der Waals surface area contributed by atoms with Crippen molar-refractivity contribution in [3.8, 4) is 5.75 Å². The first-order valence-electron chi connectivity index (χ1n) is 8.09. The third-order valence-corrected chi connectivity index (χ3v) is 4.72. The van der Waals surface area contributed by atoms with Gasteiger partial charge in [-0.1, -0.05) is 23.4 Å². The Morgan fingerprint density at radius 1 is 1.30 bits per heavy atom. The second-order valence-corrected chi connectivity index (χ2v) is 6.21. The number of aromatic nitrogens is 2. The predicted molar refractivity (Wildman–Crippen MR) is 83.7 cm³/mol. The average molecular weight is 315 g/mol. The van der Waals surface area contributed by atoms with Crippen LogP contribution in [0.1, 0.15) is 36.0 Å². The van der Waals surface area contributed by atoms with Gasteiger partial charge in [0, 0.05) is 18.7 Å². The van der Waals surface area contributed by atoms with Gasteiger partial charge in [-0.15, -0.1) is 0 Å². The highest BCUT2D eigenvalue weighted by Crippen LogP contribution is 2.54. The summed E-state index contributed by atoms with van der Waals surface area (Å²) in [4.78, 5) is 4.71. The summed E-state index contributed by atoms with van der Waals surface area (Å²) in [5, 5.41) is 7.62. The molecule has 2 fully saturated rings. The smallest absolute Gasteiger partial charge is 0.233 e. The molecule has 23 heavy (non-hydrogen) atoms. The van der Waals surface area contributed by atoms with E-state index in [2.05, 4.69) is 16.5 Å². The minimum atomic E-state index is -0.159. The Hall–Kier alpha value is -1.92. The molecule has 1 saturated carbocycles. The lowest BCUT2D eigenvalue weighted by molar-refractivity contribution is 0.133. The number of hydrogen-bond acceptors (Lipinski definition) is 6. The monoisotopic (exact) mass is 315 g/mol. The van der Waals surface area contributed by atoms with Crippen molar-refractivity contribution in [3.63, 3.8) is 0 Å². The Morgan fingerprint density at radius 3 is 3.00 bits per heavy atom. The van der Waals surface area contributed by atoms with E-state index in [1.165, 1.54) is 0 Å². The zero-order valence-electron chi connectivity index (χ0n) is 13.2. The molecule has 6 nitrogen and oxygen atoms in total. The number of para-hydroxylation sites is 1. The summed E-state index contributed by atoms with van der Waals surface area (Å²) >= 11 is 0. The number of rotatable bonds is 4. The maximum absolute atomic E-state index is 5.58. The summed E-state index contributed by atoms with van der Waals surface area (Å²) in [5.41, 5.74) is 0.984. The Balaban J connectivity index is 1.63. The van der Waals surface area contributed by atoms with Gasteiger partial charge in [-0.3, -0.25) is 0 Å². The van der Waals surface area contributed by atoms with Gasteiger partial charge in [0.25, 0.3) is 0 Å². The zero-order valence-corrected chi connectivity index (χ0v) is 13.2. The number of nitrogens with one attached hydrogen (secondary N) is 1. The van der Waals surface area contributed by atoms with Crippen molar-refractivity contribution >= 4 is 0 Å². The summed E-state index contributed by atoms with van der Waals surface area (Å²) in [6.45, 7) is 3.02. The Labute approximate surface area is 135 Å². The number of ether oxygens (including phenoxy) is 2. The van der Waals surface area contributed by atoms with Crippen molar-refractivity contribution in [3.05, 3.63) is 41.5 Å². The molecule has 1 unspecified atom stereocenters. The lowest BCUT2D eigenvalue weighted by Gasteiger charge is -2.15. The van der Waals surface area contributed by atoms with Gasteiger partial charge in [-0.25, -0.2) is 0 Å². The summed E-state index contributed by atoms with van der Waals surface area (Å²) < 4.78 is 16.7. The first-order valence-corrected chi connectivity index (χ1v) is 8.09. The van der Waals surface area contributed by atoms with Crippen LogP contribution in [0.3, 0.4) is 0 Å². The highest BCUT2D eigenvalue weighted by molar-refractivity contribution is 5.47. The maximum Gasteiger partial charge on any atom is 0.233 e. The fourth-order valence-corrected chi connectivity index (χ4v) is 3.24. The van der Waals surface area contributed by atoms with Gasteiger partial charge < -0.3 is 19.3 Å². The van der Waals surface area contributed by atoms with E-state index in [1.54, 1.807) is 7.11 Å². The zero-order chi connectivity index (χ0) is 15.7. The van der Waals surface area contributed by atoms with Crippen molar-refractivity contribution in [2.24, 2.45) is 0 Å². The quantitative estimate of drug-likeness (QED) is 0.929. The van der Waals surface area contributed by atoms with Crippen LogP contribution in [0.15, 0.2) is 28.8 Å². The van der Waals surface area contributed by atoms with Crippen LogP contribution in [0.5, 0.6) is 5.75 Å². The molecule has 1 N–H and O–H groups in total. The first kappa shape index (κ1) is 14.7. The molecule has 1 saturated heterocycles. The van der Waals surface area contributed by atoms with Crippen LogP contribution in [0.25, 0.3) is 0 Å². The predicted octanol–water partition coefficient (Wildman–Crippen LogP) is 1.86. The van der Waals surface area contributed by atoms with Crippen molar-refractivity contribution in [2.45, 2.75) is 24.2 Å². The standard InChI is InChI=1S/C17H21N3O3/c1-21-14-5-3-2-4-13(14)17(6-7-17)16-19-15(23-20-16)12-10-18-8-9-22-11-12/h2-5,12,18H,6-11H2,1H3. The van der Waals surface area contributed by atoms with E-state index in [4.69, 9.17) is 19.0 Å². The fourth-order valence-electron chi connectivity index (χ4n) is 3.24.